The van der Waals surface area contributed by atoms with E-state index in [-0.39, 0.29) is 25.5 Å². The molecule has 0 unspecified atom stereocenters. The maximum atomic E-state index is 13.5. The maximum Gasteiger partial charge on any atom is 0.348 e. The van der Waals surface area contributed by atoms with E-state index in [2.05, 4.69) is 4.98 Å². The van der Waals surface area contributed by atoms with E-state index in [1.165, 1.54) is 27.7 Å². The van der Waals surface area contributed by atoms with Crippen molar-refractivity contribution >= 4 is 11.9 Å². The minimum atomic E-state index is -1.04. The van der Waals surface area contributed by atoms with Gasteiger partial charge in [0.2, 0.25) is 5.91 Å². The smallest absolute Gasteiger partial charge is 0.348 e. The molecule has 2 atom stereocenters. The molecule has 0 radical (unpaired) electrons. The highest BCUT2D eigenvalue weighted by atomic mass is 19.1. The molecule has 1 aliphatic heterocycles. The van der Waals surface area contributed by atoms with Crippen LogP contribution in [0.5, 0.6) is 0 Å². The van der Waals surface area contributed by atoms with Crippen LogP contribution >= 0.6 is 0 Å². The van der Waals surface area contributed by atoms with Gasteiger partial charge in [0.1, 0.15) is 12.4 Å². The Morgan fingerprint density at radius 1 is 1.26 bits per heavy atom. The molecule has 1 aromatic carbocycles. The Hall–Kier alpha value is -3.03. The predicted octanol–water partition coefficient (Wildman–Crippen LogP) is 1.33. The lowest BCUT2D eigenvalue weighted by Crippen LogP contribution is -2.37. The molecule has 1 amide bonds. The molecule has 27 heavy (non-hydrogen) atoms. The molecule has 1 aliphatic rings. The zero-order chi connectivity index (χ0) is 19.7. The van der Waals surface area contributed by atoms with E-state index in [0.29, 0.717) is 17.0 Å². The molecule has 8 heteroatoms. The third-order valence-corrected chi connectivity index (χ3v) is 4.91. The van der Waals surface area contributed by atoms with Crippen molar-refractivity contribution in [3.8, 4) is 0 Å². The molecule has 142 valence electrons. The number of carbonyl (C=O) groups excluding carboxylic acids is 1. The first kappa shape index (κ1) is 18.8. The number of rotatable bonds is 4. The number of hydrogen-bond acceptors (Lipinski definition) is 4. The van der Waals surface area contributed by atoms with Crippen molar-refractivity contribution in [2.24, 2.45) is 5.92 Å². The molecule has 0 bridgehead atoms. The van der Waals surface area contributed by atoms with E-state index in [0.717, 1.165) is 0 Å². The SMILES string of the molecule is Cc1cc(C)n(CC(=O)N2C[C@H](C(=O)O)[C@@H](c3cccc(F)c3)C2)c(=O)n1. The highest BCUT2D eigenvalue weighted by Gasteiger charge is 2.40. The normalized spacial score (nSPS) is 19.3. The van der Waals surface area contributed by atoms with Gasteiger partial charge in [-0.15, -0.1) is 0 Å². The number of benzene rings is 1. The number of aromatic nitrogens is 2. The van der Waals surface area contributed by atoms with Gasteiger partial charge in [-0.05, 0) is 37.6 Å². The van der Waals surface area contributed by atoms with Crippen molar-refractivity contribution in [3.05, 3.63) is 63.6 Å². The molecule has 1 saturated heterocycles. The molecule has 1 fully saturated rings. The fraction of sp³-hybridized carbons (Fsp3) is 0.368. The zero-order valence-electron chi connectivity index (χ0n) is 15.1. The van der Waals surface area contributed by atoms with Crippen LogP contribution in [0.25, 0.3) is 0 Å². The molecule has 1 aromatic heterocycles. The van der Waals surface area contributed by atoms with Crippen molar-refractivity contribution in [1.29, 1.82) is 0 Å². The van der Waals surface area contributed by atoms with Crippen LogP contribution in [0.2, 0.25) is 0 Å². The van der Waals surface area contributed by atoms with Crippen molar-refractivity contribution in [3.63, 3.8) is 0 Å². The van der Waals surface area contributed by atoms with Gasteiger partial charge in [-0.25, -0.2) is 9.18 Å². The maximum absolute atomic E-state index is 13.5. The van der Waals surface area contributed by atoms with Gasteiger partial charge in [0.05, 0.1) is 5.92 Å². The fourth-order valence-corrected chi connectivity index (χ4v) is 3.53. The molecule has 0 spiro atoms. The molecule has 0 aliphatic carbocycles. The van der Waals surface area contributed by atoms with E-state index in [1.807, 2.05) is 0 Å². The minimum absolute atomic E-state index is 0.0163. The van der Waals surface area contributed by atoms with E-state index in [4.69, 9.17) is 0 Å². The highest BCUT2D eigenvalue weighted by Crippen LogP contribution is 2.33. The van der Waals surface area contributed by atoms with Gasteiger partial charge in [-0.1, -0.05) is 12.1 Å². The number of nitrogens with zero attached hydrogens (tertiary/aromatic N) is 3. The summed E-state index contributed by atoms with van der Waals surface area (Å²) in [6, 6.07) is 7.48. The van der Waals surface area contributed by atoms with Crippen LogP contribution in [-0.2, 0) is 16.1 Å². The standard InChI is InChI=1S/C19H20FN3O4/c1-11-6-12(2)23(19(27)21-11)10-17(24)22-8-15(16(9-22)18(25)26)13-4-3-5-14(20)7-13/h3-7,15-16H,8-10H2,1-2H3,(H,25,26)/t15-,16+/m1/s1. The first-order valence-corrected chi connectivity index (χ1v) is 8.57. The Morgan fingerprint density at radius 3 is 2.63 bits per heavy atom. The van der Waals surface area contributed by atoms with Crippen LogP contribution in [0.3, 0.4) is 0 Å². The first-order chi connectivity index (χ1) is 12.8. The van der Waals surface area contributed by atoms with Gasteiger partial charge < -0.3 is 10.0 Å². The van der Waals surface area contributed by atoms with Gasteiger partial charge in [-0.2, -0.15) is 4.98 Å². The van der Waals surface area contributed by atoms with E-state index >= 15 is 0 Å². The zero-order valence-corrected chi connectivity index (χ0v) is 15.1. The first-order valence-electron chi connectivity index (χ1n) is 8.57. The molecule has 0 saturated carbocycles. The molecule has 2 heterocycles. The lowest BCUT2D eigenvalue weighted by atomic mass is 9.89. The van der Waals surface area contributed by atoms with Gasteiger partial charge in [0, 0.05) is 30.4 Å². The number of aryl methyl sites for hydroxylation is 2. The van der Waals surface area contributed by atoms with Gasteiger partial charge >= 0.3 is 11.7 Å². The number of carbonyl (C=O) groups is 2. The summed E-state index contributed by atoms with van der Waals surface area (Å²) in [5.74, 6) is -3.18. The Balaban J connectivity index is 1.83. The summed E-state index contributed by atoms with van der Waals surface area (Å²) in [5, 5.41) is 9.53. The Morgan fingerprint density at radius 2 is 2.00 bits per heavy atom. The molecular formula is C19H20FN3O4. The van der Waals surface area contributed by atoms with Crippen LogP contribution in [-0.4, -0.2) is 44.5 Å². The van der Waals surface area contributed by atoms with Crippen LogP contribution in [0, 0.1) is 25.6 Å². The predicted molar refractivity (Wildman–Crippen MR) is 94.8 cm³/mol. The van der Waals surface area contributed by atoms with Gasteiger partial charge in [0.25, 0.3) is 0 Å². The minimum Gasteiger partial charge on any atom is -0.481 e. The second-order valence-electron chi connectivity index (χ2n) is 6.81. The monoisotopic (exact) mass is 373 g/mol. The van der Waals surface area contributed by atoms with E-state index < -0.39 is 29.3 Å². The molecular weight excluding hydrogens is 353 g/mol. The molecule has 2 aromatic rings. The van der Waals surface area contributed by atoms with Crippen LogP contribution in [0.1, 0.15) is 22.9 Å². The number of hydrogen-bond donors (Lipinski definition) is 1. The highest BCUT2D eigenvalue weighted by molar-refractivity contribution is 5.79. The summed E-state index contributed by atoms with van der Waals surface area (Å²) >= 11 is 0. The van der Waals surface area contributed by atoms with Crippen LogP contribution < -0.4 is 5.69 Å². The molecule has 7 nitrogen and oxygen atoms in total. The number of halogens is 1. The molecule has 1 N–H and O–H groups in total. The quantitative estimate of drug-likeness (QED) is 0.873. The van der Waals surface area contributed by atoms with Gasteiger partial charge in [0.15, 0.2) is 0 Å². The summed E-state index contributed by atoms with van der Waals surface area (Å²) in [6.07, 6.45) is 0. The number of likely N-dealkylation sites (tertiary alicyclic amines) is 1. The van der Waals surface area contributed by atoms with Crippen molar-refractivity contribution in [2.75, 3.05) is 13.1 Å². The van der Waals surface area contributed by atoms with Gasteiger partial charge in [-0.3, -0.25) is 14.2 Å². The Kier molecular flexibility index (Phi) is 5.07. The summed E-state index contributed by atoms with van der Waals surface area (Å²) in [5.41, 5.74) is 1.20. The van der Waals surface area contributed by atoms with Crippen molar-refractivity contribution < 1.29 is 19.1 Å². The number of carboxylic acid groups (broad SMARTS) is 1. The summed E-state index contributed by atoms with van der Waals surface area (Å²) in [6.45, 7) is 3.37. The number of aliphatic carboxylic acids is 1. The van der Waals surface area contributed by atoms with E-state index in [1.54, 1.807) is 26.0 Å². The van der Waals surface area contributed by atoms with Crippen LogP contribution in [0.4, 0.5) is 4.39 Å². The van der Waals surface area contributed by atoms with Crippen LogP contribution in [0.15, 0.2) is 35.1 Å². The third kappa shape index (κ3) is 3.89. The topological polar surface area (TPSA) is 92.5 Å². The average molecular weight is 373 g/mol. The summed E-state index contributed by atoms with van der Waals surface area (Å²) in [4.78, 5) is 41.6. The fourth-order valence-electron chi connectivity index (χ4n) is 3.53. The average Bonchev–Trinajstić information content (AvgIpc) is 3.03. The summed E-state index contributed by atoms with van der Waals surface area (Å²) < 4.78 is 14.8. The lowest BCUT2D eigenvalue weighted by molar-refractivity contribution is -0.141. The third-order valence-electron chi connectivity index (χ3n) is 4.91. The second kappa shape index (κ2) is 7.30. The summed E-state index contributed by atoms with van der Waals surface area (Å²) in [7, 11) is 0. The van der Waals surface area contributed by atoms with Crippen molar-refractivity contribution in [2.45, 2.75) is 26.3 Å². The van der Waals surface area contributed by atoms with Crippen molar-refractivity contribution in [1.82, 2.24) is 14.5 Å². The largest absolute Gasteiger partial charge is 0.481 e. The van der Waals surface area contributed by atoms with E-state index in [9.17, 15) is 23.9 Å². The second-order valence-corrected chi connectivity index (χ2v) is 6.81. The Bertz CT molecular complexity index is 956. The lowest BCUT2D eigenvalue weighted by Gasteiger charge is -2.18. The Labute approximate surface area is 155 Å². The number of carboxylic acids is 1. The number of amides is 1. The molecule has 3 rings (SSSR count).